The van der Waals surface area contributed by atoms with Crippen LogP contribution in [0.1, 0.15) is 16.1 Å². The van der Waals surface area contributed by atoms with Gasteiger partial charge in [-0.2, -0.15) is 0 Å². The maximum absolute atomic E-state index is 12.2. The van der Waals surface area contributed by atoms with Gasteiger partial charge in [0, 0.05) is 18.0 Å². The Balaban J connectivity index is 2.03. The molecule has 0 atom stereocenters. The molecule has 2 heterocycles. The maximum Gasteiger partial charge on any atom is 0.274 e. The van der Waals surface area contributed by atoms with Crippen molar-refractivity contribution < 1.29 is 4.79 Å². The summed E-state index contributed by atoms with van der Waals surface area (Å²) >= 11 is 0. The second-order valence-electron chi connectivity index (χ2n) is 4.59. The van der Waals surface area contributed by atoms with Gasteiger partial charge in [0.1, 0.15) is 11.3 Å². The van der Waals surface area contributed by atoms with Gasteiger partial charge in [0.25, 0.3) is 11.5 Å². The van der Waals surface area contributed by atoms with Crippen LogP contribution in [-0.4, -0.2) is 15.3 Å². The Hall–Kier alpha value is -2.82. The minimum absolute atomic E-state index is 0.223. The van der Waals surface area contributed by atoms with Crippen molar-refractivity contribution in [3.05, 3.63) is 70.3 Å². The average Bonchev–Trinajstić information content (AvgIpc) is 2.84. The molecule has 5 nitrogen and oxygen atoms in total. The van der Waals surface area contributed by atoms with Gasteiger partial charge >= 0.3 is 0 Å². The third-order valence-electron chi connectivity index (χ3n) is 3.04. The molecule has 1 aromatic carbocycles. The molecule has 0 unspecified atom stereocenters. The lowest BCUT2D eigenvalue weighted by Gasteiger charge is -2.04. The fourth-order valence-electron chi connectivity index (χ4n) is 2.15. The van der Waals surface area contributed by atoms with Crippen molar-refractivity contribution in [3.63, 3.8) is 0 Å². The lowest BCUT2D eigenvalue weighted by Crippen LogP contribution is -2.21. The van der Waals surface area contributed by atoms with E-state index in [4.69, 9.17) is 0 Å². The van der Waals surface area contributed by atoms with Crippen LogP contribution in [0.2, 0.25) is 0 Å². The summed E-state index contributed by atoms with van der Waals surface area (Å²) in [4.78, 5) is 27.2. The zero-order valence-corrected chi connectivity index (χ0v) is 10.9. The Morgan fingerprint density at radius 2 is 1.95 bits per heavy atom. The second kappa shape index (κ2) is 4.70. The molecule has 0 radical (unpaired) electrons. The quantitative estimate of drug-likeness (QED) is 0.747. The summed E-state index contributed by atoms with van der Waals surface area (Å²) in [6.07, 6.45) is 1.54. The van der Waals surface area contributed by atoms with Crippen LogP contribution in [0, 0.1) is 6.92 Å². The topological polar surface area (TPSA) is 66.4 Å². The molecule has 0 spiro atoms. The summed E-state index contributed by atoms with van der Waals surface area (Å²) in [5.41, 5.74) is 2.21. The first-order chi connectivity index (χ1) is 9.65. The Morgan fingerprint density at radius 3 is 2.70 bits per heavy atom. The minimum Gasteiger partial charge on any atom is -0.345 e. The number of amides is 1. The lowest BCUT2D eigenvalue weighted by molar-refractivity contribution is 0.102. The number of anilines is 1. The van der Waals surface area contributed by atoms with E-state index in [1.807, 2.05) is 31.2 Å². The van der Waals surface area contributed by atoms with Crippen molar-refractivity contribution in [1.82, 2.24) is 9.38 Å². The number of nitrogens with zero attached hydrogens (tertiary/aromatic N) is 1. The van der Waals surface area contributed by atoms with Crippen LogP contribution in [0.15, 0.2) is 53.5 Å². The van der Waals surface area contributed by atoms with E-state index < -0.39 is 0 Å². The fraction of sp³-hybridized carbons (Fsp3) is 0.0667. The zero-order chi connectivity index (χ0) is 14.1. The summed E-state index contributed by atoms with van der Waals surface area (Å²) < 4.78 is 1.37. The number of H-pyrrole nitrogens is 1. The molecule has 0 saturated carbocycles. The highest BCUT2D eigenvalue weighted by Crippen LogP contribution is 2.10. The van der Waals surface area contributed by atoms with Gasteiger partial charge in [-0.15, -0.1) is 0 Å². The van der Waals surface area contributed by atoms with Gasteiger partial charge < -0.3 is 10.3 Å². The van der Waals surface area contributed by atoms with Crippen LogP contribution < -0.4 is 10.9 Å². The molecule has 2 aromatic heterocycles. The molecule has 3 aromatic rings. The Bertz CT molecular complexity index is 831. The van der Waals surface area contributed by atoms with Gasteiger partial charge in [-0.1, -0.05) is 18.2 Å². The predicted molar refractivity (Wildman–Crippen MR) is 77.1 cm³/mol. The Morgan fingerprint density at radius 1 is 1.20 bits per heavy atom. The summed E-state index contributed by atoms with van der Waals surface area (Å²) in [5.74, 6) is -0.326. The molecule has 100 valence electrons. The first-order valence-corrected chi connectivity index (χ1v) is 6.22. The SMILES string of the molecule is Cc1cc(=O)n2c(C(=O)Nc3ccccc3)c[nH]c2c1. The van der Waals surface area contributed by atoms with Crippen molar-refractivity contribution in [2.75, 3.05) is 5.32 Å². The molecule has 20 heavy (non-hydrogen) atoms. The van der Waals surface area contributed by atoms with Crippen molar-refractivity contribution in [2.24, 2.45) is 0 Å². The number of hydrogen-bond acceptors (Lipinski definition) is 2. The number of fused-ring (bicyclic) bond motifs is 1. The van der Waals surface area contributed by atoms with Crippen molar-refractivity contribution in [3.8, 4) is 0 Å². The van der Waals surface area contributed by atoms with E-state index in [9.17, 15) is 9.59 Å². The van der Waals surface area contributed by atoms with E-state index in [1.165, 1.54) is 16.7 Å². The molecule has 0 fully saturated rings. The van der Waals surface area contributed by atoms with Crippen LogP contribution in [0.3, 0.4) is 0 Å². The standard InChI is InChI=1S/C15H13N3O2/c1-10-7-13-16-9-12(18(13)14(19)8-10)15(20)17-11-5-3-2-4-6-11/h2-9,16H,1H3,(H,17,20). The van der Waals surface area contributed by atoms with E-state index in [-0.39, 0.29) is 17.2 Å². The molecule has 0 saturated heterocycles. The third-order valence-corrected chi connectivity index (χ3v) is 3.04. The highest BCUT2D eigenvalue weighted by atomic mass is 16.2. The first-order valence-electron chi connectivity index (χ1n) is 6.22. The molecule has 0 aliphatic carbocycles. The summed E-state index contributed by atoms with van der Waals surface area (Å²) in [6, 6.07) is 12.4. The number of aromatic nitrogens is 2. The van der Waals surface area contributed by atoms with E-state index >= 15 is 0 Å². The molecule has 1 amide bonds. The molecular formula is C15H13N3O2. The molecule has 2 N–H and O–H groups in total. The molecule has 0 bridgehead atoms. The van der Waals surface area contributed by atoms with Crippen molar-refractivity contribution in [1.29, 1.82) is 0 Å². The average molecular weight is 267 g/mol. The van der Waals surface area contributed by atoms with Gasteiger partial charge in [0.2, 0.25) is 0 Å². The Labute approximate surface area is 114 Å². The van der Waals surface area contributed by atoms with E-state index in [1.54, 1.807) is 12.1 Å². The smallest absolute Gasteiger partial charge is 0.274 e. The number of rotatable bonds is 2. The molecule has 3 rings (SSSR count). The number of para-hydroxylation sites is 1. The number of pyridine rings is 1. The van der Waals surface area contributed by atoms with Gasteiger partial charge in [-0.05, 0) is 30.7 Å². The number of aryl methyl sites for hydroxylation is 1. The monoisotopic (exact) mass is 267 g/mol. The largest absolute Gasteiger partial charge is 0.345 e. The second-order valence-corrected chi connectivity index (χ2v) is 4.59. The van der Waals surface area contributed by atoms with Crippen LogP contribution in [0.5, 0.6) is 0 Å². The maximum atomic E-state index is 12.2. The van der Waals surface area contributed by atoms with Gasteiger partial charge in [0.05, 0.1) is 0 Å². The van der Waals surface area contributed by atoms with E-state index in [0.29, 0.717) is 11.3 Å². The van der Waals surface area contributed by atoms with Crippen molar-refractivity contribution >= 4 is 17.2 Å². The summed E-state index contributed by atoms with van der Waals surface area (Å²) in [7, 11) is 0. The molecule has 0 aliphatic rings. The number of nitrogens with one attached hydrogen (secondary N) is 2. The van der Waals surface area contributed by atoms with Gasteiger partial charge in [0.15, 0.2) is 0 Å². The van der Waals surface area contributed by atoms with Crippen molar-refractivity contribution in [2.45, 2.75) is 6.92 Å². The van der Waals surface area contributed by atoms with Crippen LogP contribution in [-0.2, 0) is 0 Å². The van der Waals surface area contributed by atoms with Gasteiger partial charge in [-0.3, -0.25) is 14.0 Å². The minimum atomic E-state index is -0.326. The molecule has 5 heteroatoms. The van der Waals surface area contributed by atoms with E-state index in [0.717, 1.165) is 5.56 Å². The molecular weight excluding hydrogens is 254 g/mol. The summed E-state index contributed by atoms with van der Waals surface area (Å²) in [5, 5.41) is 2.76. The highest BCUT2D eigenvalue weighted by Gasteiger charge is 2.13. The lowest BCUT2D eigenvalue weighted by atomic mass is 10.3. The number of carbonyl (C=O) groups excluding carboxylic acids is 1. The number of carbonyl (C=O) groups is 1. The first kappa shape index (κ1) is 12.2. The number of imidazole rings is 1. The summed E-state index contributed by atoms with van der Waals surface area (Å²) in [6.45, 7) is 1.84. The Kier molecular flexibility index (Phi) is 2.87. The molecule has 0 aliphatic heterocycles. The predicted octanol–water partition coefficient (Wildman–Crippen LogP) is 2.19. The number of aromatic amines is 1. The van der Waals surface area contributed by atoms with Crippen LogP contribution in [0.4, 0.5) is 5.69 Å². The zero-order valence-electron chi connectivity index (χ0n) is 10.9. The number of benzene rings is 1. The third kappa shape index (κ3) is 2.09. The fourth-order valence-corrected chi connectivity index (χ4v) is 2.15. The number of hydrogen-bond donors (Lipinski definition) is 2. The van der Waals surface area contributed by atoms with E-state index in [2.05, 4.69) is 10.3 Å². The highest BCUT2D eigenvalue weighted by molar-refractivity contribution is 6.03. The van der Waals surface area contributed by atoms with Gasteiger partial charge in [-0.25, -0.2) is 0 Å². The van der Waals surface area contributed by atoms with Crippen LogP contribution in [0.25, 0.3) is 5.65 Å². The normalized spacial score (nSPS) is 10.7. The van der Waals surface area contributed by atoms with Crippen LogP contribution >= 0.6 is 0 Å².